The molecular weight excluding hydrogens is 288 g/mol. The lowest BCUT2D eigenvalue weighted by Crippen LogP contribution is -2.88. The van der Waals surface area contributed by atoms with Crippen LogP contribution >= 0.6 is 0 Å². The second-order valence-electron chi connectivity index (χ2n) is 6.11. The van der Waals surface area contributed by atoms with Gasteiger partial charge in [-0.25, -0.2) is 0 Å². The van der Waals surface area contributed by atoms with Crippen LogP contribution < -0.4 is 15.4 Å². The summed E-state index contributed by atoms with van der Waals surface area (Å²) < 4.78 is 5.36. The predicted molar refractivity (Wildman–Crippen MR) is 90.5 cm³/mol. The molecule has 23 heavy (non-hydrogen) atoms. The molecule has 3 N–H and O–H groups in total. The maximum atomic E-state index is 12.9. The summed E-state index contributed by atoms with van der Waals surface area (Å²) in [6.07, 6.45) is 2.37. The van der Waals surface area contributed by atoms with Gasteiger partial charge in [0.05, 0.1) is 18.8 Å². The zero-order valence-corrected chi connectivity index (χ0v) is 13.6. The summed E-state index contributed by atoms with van der Waals surface area (Å²) in [6.45, 7) is 2.00. The van der Waals surface area contributed by atoms with E-state index in [0.717, 1.165) is 16.8 Å². The molecule has 0 unspecified atom stereocenters. The Morgan fingerprint density at radius 2 is 1.96 bits per heavy atom. The lowest BCUT2D eigenvalue weighted by Gasteiger charge is -2.17. The van der Waals surface area contributed by atoms with Crippen LogP contribution in [0.5, 0.6) is 5.75 Å². The van der Waals surface area contributed by atoms with Gasteiger partial charge in [0.25, 0.3) is 5.91 Å². The Morgan fingerprint density at radius 1 is 1.22 bits per heavy atom. The largest absolute Gasteiger partial charge is 0.495 e. The van der Waals surface area contributed by atoms with Crippen LogP contribution in [0, 0.1) is 6.92 Å². The van der Waals surface area contributed by atoms with Crippen molar-refractivity contribution in [3.63, 3.8) is 0 Å². The van der Waals surface area contributed by atoms with Gasteiger partial charge in [-0.3, -0.25) is 4.79 Å². The van der Waals surface area contributed by atoms with Crippen LogP contribution in [0.4, 0.5) is 5.69 Å². The van der Waals surface area contributed by atoms with Gasteiger partial charge < -0.3 is 15.4 Å². The van der Waals surface area contributed by atoms with Gasteiger partial charge in [0, 0.05) is 18.4 Å². The topological polar surface area (TPSA) is 54.9 Å². The minimum atomic E-state index is -0.228. The van der Waals surface area contributed by atoms with Crippen LogP contribution in [0.25, 0.3) is 0 Å². The average molecular weight is 311 g/mol. The predicted octanol–water partition coefficient (Wildman–Crippen LogP) is 2.41. The molecule has 1 aliphatic carbocycles. The van der Waals surface area contributed by atoms with Gasteiger partial charge in [-0.05, 0) is 24.6 Å². The number of benzene rings is 2. The van der Waals surface area contributed by atoms with Crippen molar-refractivity contribution in [2.75, 3.05) is 12.4 Å². The van der Waals surface area contributed by atoms with Gasteiger partial charge in [0.1, 0.15) is 5.75 Å². The summed E-state index contributed by atoms with van der Waals surface area (Å²) >= 11 is 0. The normalized spacial score (nSPS) is 15.0. The molecular formula is C19H23N2O2+. The van der Waals surface area contributed by atoms with E-state index in [4.69, 9.17) is 4.74 Å². The molecule has 1 atom stereocenters. The number of rotatable bonds is 6. The van der Waals surface area contributed by atoms with E-state index in [1.54, 1.807) is 7.11 Å². The van der Waals surface area contributed by atoms with Crippen LogP contribution in [0.1, 0.15) is 30.0 Å². The second-order valence-corrected chi connectivity index (χ2v) is 6.11. The van der Waals surface area contributed by atoms with E-state index in [9.17, 15) is 4.79 Å². The Hall–Kier alpha value is -2.33. The number of quaternary nitrogens is 1. The van der Waals surface area contributed by atoms with Crippen molar-refractivity contribution in [1.29, 1.82) is 0 Å². The van der Waals surface area contributed by atoms with Gasteiger partial charge in [0.2, 0.25) is 0 Å². The number of carbonyl (C=O) groups is 1. The van der Waals surface area contributed by atoms with E-state index in [-0.39, 0.29) is 11.9 Å². The Balaban J connectivity index is 1.82. The first-order valence-corrected chi connectivity index (χ1v) is 8.03. The average Bonchev–Trinajstić information content (AvgIpc) is 3.38. The fourth-order valence-electron chi connectivity index (χ4n) is 2.70. The Bertz CT molecular complexity index is 681. The Morgan fingerprint density at radius 3 is 2.61 bits per heavy atom. The van der Waals surface area contributed by atoms with Crippen molar-refractivity contribution in [2.24, 2.45) is 0 Å². The quantitative estimate of drug-likeness (QED) is 0.861. The highest BCUT2D eigenvalue weighted by molar-refractivity contribution is 5.95. The SMILES string of the molecule is COc1ccc(C)cc1NC(=O)[C@@H]([NH2+]C1CC1)c1ccccc1. The number of methoxy groups -OCH3 is 1. The number of nitrogens with two attached hydrogens (primary N) is 1. The smallest absolute Gasteiger partial charge is 0.287 e. The number of aryl methyl sites for hydroxylation is 1. The highest BCUT2D eigenvalue weighted by atomic mass is 16.5. The highest BCUT2D eigenvalue weighted by Crippen LogP contribution is 2.26. The molecule has 0 bridgehead atoms. The number of hydrogen-bond acceptors (Lipinski definition) is 2. The fourth-order valence-corrected chi connectivity index (χ4v) is 2.70. The van der Waals surface area contributed by atoms with E-state index >= 15 is 0 Å². The van der Waals surface area contributed by atoms with E-state index in [0.29, 0.717) is 11.8 Å². The number of ether oxygens (including phenoxy) is 1. The fraction of sp³-hybridized carbons (Fsp3) is 0.316. The molecule has 1 saturated carbocycles. The minimum Gasteiger partial charge on any atom is -0.495 e. The Labute approximate surface area is 136 Å². The van der Waals surface area contributed by atoms with Crippen molar-refractivity contribution < 1.29 is 14.8 Å². The lowest BCUT2D eigenvalue weighted by atomic mass is 10.1. The standard InChI is InChI=1S/C19H22N2O2/c1-13-8-11-17(23-2)16(12-13)21-19(22)18(20-15-9-10-15)14-6-4-3-5-7-14/h3-8,11-12,15,18,20H,9-10H2,1-2H3,(H,21,22)/p+1/t18-/m0/s1. The third-order valence-corrected chi connectivity index (χ3v) is 4.14. The molecule has 2 aromatic carbocycles. The van der Waals surface area contributed by atoms with Crippen LogP contribution in [0.2, 0.25) is 0 Å². The number of nitrogens with one attached hydrogen (secondary N) is 1. The van der Waals surface area contributed by atoms with Gasteiger partial charge in [-0.2, -0.15) is 0 Å². The molecule has 0 spiro atoms. The summed E-state index contributed by atoms with van der Waals surface area (Å²) in [5.41, 5.74) is 2.84. The van der Waals surface area contributed by atoms with Crippen molar-refractivity contribution in [2.45, 2.75) is 31.8 Å². The van der Waals surface area contributed by atoms with Crippen molar-refractivity contribution in [3.05, 3.63) is 59.7 Å². The van der Waals surface area contributed by atoms with E-state index in [2.05, 4.69) is 10.6 Å². The van der Waals surface area contributed by atoms with Gasteiger partial charge >= 0.3 is 0 Å². The summed E-state index contributed by atoms with van der Waals surface area (Å²) in [5.74, 6) is 0.675. The molecule has 2 aromatic rings. The summed E-state index contributed by atoms with van der Waals surface area (Å²) in [6, 6.07) is 16.1. The molecule has 4 nitrogen and oxygen atoms in total. The van der Waals surface area contributed by atoms with E-state index in [1.165, 1.54) is 12.8 Å². The molecule has 120 valence electrons. The molecule has 4 heteroatoms. The lowest BCUT2D eigenvalue weighted by molar-refractivity contribution is -0.695. The zero-order chi connectivity index (χ0) is 16.2. The third-order valence-electron chi connectivity index (χ3n) is 4.14. The molecule has 3 rings (SSSR count). The molecule has 0 radical (unpaired) electrons. The molecule has 0 aromatic heterocycles. The van der Waals surface area contributed by atoms with Crippen molar-refractivity contribution >= 4 is 11.6 Å². The molecule has 1 aliphatic rings. The first kappa shape index (κ1) is 15.6. The van der Waals surface area contributed by atoms with Gasteiger partial charge in [0.15, 0.2) is 6.04 Å². The van der Waals surface area contributed by atoms with E-state index < -0.39 is 0 Å². The van der Waals surface area contributed by atoms with Gasteiger partial charge in [-0.15, -0.1) is 0 Å². The monoisotopic (exact) mass is 311 g/mol. The third kappa shape index (κ3) is 3.90. The maximum Gasteiger partial charge on any atom is 0.287 e. The van der Waals surface area contributed by atoms with Crippen LogP contribution in [-0.2, 0) is 4.79 Å². The van der Waals surface area contributed by atoms with E-state index in [1.807, 2.05) is 55.5 Å². The van der Waals surface area contributed by atoms with Crippen molar-refractivity contribution in [1.82, 2.24) is 0 Å². The second kappa shape index (κ2) is 6.84. The number of carbonyl (C=O) groups excluding carboxylic acids is 1. The molecule has 1 fully saturated rings. The summed E-state index contributed by atoms with van der Waals surface area (Å²) in [4.78, 5) is 12.9. The van der Waals surface area contributed by atoms with Crippen LogP contribution in [0.15, 0.2) is 48.5 Å². The number of anilines is 1. The summed E-state index contributed by atoms with van der Waals surface area (Å²) in [5, 5.41) is 5.21. The van der Waals surface area contributed by atoms with Crippen LogP contribution in [-0.4, -0.2) is 19.1 Å². The zero-order valence-electron chi connectivity index (χ0n) is 13.6. The molecule has 0 aliphatic heterocycles. The van der Waals surface area contributed by atoms with Gasteiger partial charge in [-0.1, -0.05) is 36.4 Å². The Kier molecular flexibility index (Phi) is 4.63. The summed E-state index contributed by atoms with van der Waals surface area (Å²) in [7, 11) is 1.62. The molecule has 0 heterocycles. The molecule has 0 saturated heterocycles. The first-order valence-electron chi connectivity index (χ1n) is 8.03. The van der Waals surface area contributed by atoms with Crippen molar-refractivity contribution in [3.8, 4) is 5.75 Å². The number of amides is 1. The minimum absolute atomic E-state index is 0.00741. The van der Waals surface area contributed by atoms with Crippen LogP contribution in [0.3, 0.4) is 0 Å². The highest BCUT2D eigenvalue weighted by Gasteiger charge is 2.34. The maximum absolute atomic E-state index is 12.9. The molecule has 1 amide bonds. The first-order chi connectivity index (χ1) is 11.2. The number of hydrogen-bond donors (Lipinski definition) is 2.